The zero-order valence-corrected chi connectivity index (χ0v) is 20.1. The van der Waals surface area contributed by atoms with Gasteiger partial charge in [0.05, 0.1) is 18.0 Å². The molecule has 36 heavy (non-hydrogen) atoms. The van der Waals surface area contributed by atoms with E-state index in [1.54, 1.807) is 30.5 Å². The number of thioether (sulfide) groups is 1. The summed E-state index contributed by atoms with van der Waals surface area (Å²) in [6.07, 6.45) is 0.305. The van der Waals surface area contributed by atoms with Crippen molar-refractivity contribution in [1.82, 2.24) is 20.3 Å². The van der Waals surface area contributed by atoms with Crippen LogP contribution in [0, 0.1) is 0 Å². The summed E-state index contributed by atoms with van der Waals surface area (Å²) in [5.41, 5.74) is 2.23. The van der Waals surface area contributed by atoms with Crippen LogP contribution in [0.15, 0.2) is 41.1 Å². The predicted octanol–water partition coefficient (Wildman–Crippen LogP) is 3.45. The number of aryl methyl sites for hydroxylation is 1. The Morgan fingerprint density at radius 2 is 2.19 bits per heavy atom. The number of halogens is 3. The molecule has 1 unspecified atom stereocenters. The quantitative estimate of drug-likeness (QED) is 0.419. The molecule has 2 N–H and O–H groups in total. The molecule has 13 heteroatoms. The van der Waals surface area contributed by atoms with Gasteiger partial charge in [-0.1, -0.05) is 17.3 Å². The lowest BCUT2D eigenvalue weighted by molar-refractivity contribution is -0.153. The van der Waals surface area contributed by atoms with Crippen molar-refractivity contribution in [3.63, 3.8) is 0 Å². The first-order valence-corrected chi connectivity index (χ1v) is 12.5. The number of rotatable bonds is 10. The Morgan fingerprint density at radius 3 is 2.92 bits per heavy atom. The number of aromatic nitrogens is 3. The molecule has 1 aromatic carbocycles. The van der Waals surface area contributed by atoms with Crippen molar-refractivity contribution in [3.8, 4) is 5.75 Å². The maximum atomic E-state index is 13.0. The molecule has 0 radical (unpaired) electrons. The van der Waals surface area contributed by atoms with Crippen LogP contribution >= 0.6 is 11.8 Å². The van der Waals surface area contributed by atoms with Gasteiger partial charge in [0.25, 0.3) is 5.91 Å². The van der Waals surface area contributed by atoms with Crippen LogP contribution in [0.4, 0.5) is 19.0 Å². The Hall–Kier alpha value is -3.48. The van der Waals surface area contributed by atoms with Gasteiger partial charge in [0.1, 0.15) is 29.1 Å². The number of nitrogens with one attached hydrogen (secondary N) is 2. The molecule has 0 aliphatic carbocycles. The first kappa shape index (κ1) is 25.6. The van der Waals surface area contributed by atoms with Crippen LogP contribution in [-0.4, -0.2) is 57.6 Å². The maximum Gasteiger partial charge on any atom is 0.422 e. The third-order valence-corrected chi connectivity index (χ3v) is 6.00. The molecular formula is C23H24F3N5O4S. The van der Waals surface area contributed by atoms with Gasteiger partial charge in [0.15, 0.2) is 6.61 Å². The molecule has 1 aliphatic heterocycles. The highest BCUT2D eigenvalue weighted by molar-refractivity contribution is 7.99. The molecule has 0 spiro atoms. The maximum absolute atomic E-state index is 13.0. The number of benzene rings is 1. The molecule has 2 aromatic heterocycles. The molecule has 0 saturated carbocycles. The van der Waals surface area contributed by atoms with E-state index in [-0.39, 0.29) is 35.9 Å². The summed E-state index contributed by atoms with van der Waals surface area (Å²) in [6, 6.07) is 7.89. The Balaban J connectivity index is 1.47. The van der Waals surface area contributed by atoms with Gasteiger partial charge in [0.2, 0.25) is 5.91 Å². The van der Waals surface area contributed by atoms with Gasteiger partial charge < -0.3 is 19.9 Å². The molecule has 3 heterocycles. The van der Waals surface area contributed by atoms with Crippen molar-refractivity contribution in [3.05, 3.63) is 59.1 Å². The van der Waals surface area contributed by atoms with Crippen molar-refractivity contribution in [2.24, 2.45) is 0 Å². The van der Waals surface area contributed by atoms with Gasteiger partial charge >= 0.3 is 6.18 Å². The average molecular weight is 524 g/mol. The third-order valence-electron chi connectivity index (χ3n) is 5.45. The molecule has 0 bridgehead atoms. The van der Waals surface area contributed by atoms with E-state index in [2.05, 4.69) is 20.9 Å². The van der Waals surface area contributed by atoms with Gasteiger partial charge in [-0.2, -0.15) is 30.0 Å². The molecule has 0 saturated heterocycles. The number of ether oxygens (including phenoxy) is 1. The molecule has 3 aromatic rings. The molecule has 9 nitrogen and oxygen atoms in total. The highest BCUT2D eigenvalue weighted by Gasteiger charge is 2.32. The Kier molecular flexibility index (Phi) is 7.87. The predicted molar refractivity (Wildman–Crippen MR) is 126 cm³/mol. The normalized spacial score (nSPS) is 15.3. The van der Waals surface area contributed by atoms with E-state index in [0.29, 0.717) is 42.0 Å². The lowest BCUT2D eigenvalue weighted by atomic mass is 9.96. The fraction of sp³-hybridized carbons (Fsp3) is 0.391. The van der Waals surface area contributed by atoms with Crippen LogP contribution in [0.3, 0.4) is 0 Å². The van der Waals surface area contributed by atoms with Gasteiger partial charge in [-0.05, 0) is 36.8 Å². The number of alkyl halides is 3. The zero-order chi connectivity index (χ0) is 25.7. The summed E-state index contributed by atoms with van der Waals surface area (Å²) in [4.78, 5) is 25.3. The van der Waals surface area contributed by atoms with E-state index in [9.17, 15) is 22.8 Å². The number of hydrogen-bond acceptors (Lipinski definition) is 7. The monoisotopic (exact) mass is 523 g/mol. The van der Waals surface area contributed by atoms with Crippen LogP contribution < -0.4 is 15.4 Å². The van der Waals surface area contributed by atoms with E-state index in [4.69, 9.17) is 9.26 Å². The summed E-state index contributed by atoms with van der Waals surface area (Å²) in [5.74, 6) is 0.0537. The second-order valence-corrected chi connectivity index (χ2v) is 9.13. The second-order valence-electron chi connectivity index (χ2n) is 8.26. The van der Waals surface area contributed by atoms with Crippen LogP contribution in [0.25, 0.3) is 0 Å². The SMILES string of the molecule is CSCC(=O)Nc1c2c(nn1Cc1ccon1)CC(CCc1cccc(OCC(F)(F)F)c1)NC2=O. The molecule has 0 fully saturated rings. The number of anilines is 1. The van der Waals surface area contributed by atoms with Gasteiger partial charge in [-0.3, -0.25) is 9.59 Å². The first-order valence-electron chi connectivity index (χ1n) is 11.1. The fourth-order valence-electron chi connectivity index (χ4n) is 3.92. The summed E-state index contributed by atoms with van der Waals surface area (Å²) < 4.78 is 48.5. The third kappa shape index (κ3) is 6.59. The second kappa shape index (κ2) is 11.1. The minimum Gasteiger partial charge on any atom is -0.484 e. The number of carbonyl (C=O) groups is 2. The van der Waals surface area contributed by atoms with Crippen LogP contribution in [-0.2, 0) is 24.2 Å². The van der Waals surface area contributed by atoms with Crippen molar-refractivity contribution >= 4 is 29.4 Å². The van der Waals surface area contributed by atoms with Crippen LogP contribution in [0.2, 0.25) is 0 Å². The molecular weight excluding hydrogens is 499 g/mol. The summed E-state index contributed by atoms with van der Waals surface area (Å²) in [7, 11) is 0. The van der Waals surface area contributed by atoms with E-state index in [0.717, 1.165) is 5.56 Å². The van der Waals surface area contributed by atoms with E-state index in [1.165, 1.54) is 28.8 Å². The number of hydrogen-bond donors (Lipinski definition) is 2. The minimum atomic E-state index is -4.41. The smallest absolute Gasteiger partial charge is 0.422 e. The molecule has 4 rings (SSSR count). The standard InChI is InChI=1S/C23H24F3N5O4S/c1-36-12-19(32)28-21-20-18(29-31(21)11-16-7-8-35-30-16)10-15(27-22(20)33)6-5-14-3-2-4-17(9-14)34-13-23(24,25)26/h2-4,7-9,15H,5-6,10-13H2,1H3,(H,27,33)(H,28,32). The van der Waals surface area contributed by atoms with Crippen molar-refractivity contribution in [2.75, 3.05) is 23.9 Å². The topological polar surface area (TPSA) is 111 Å². The lowest BCUT2D eigenvalue weighted by Crippen LogP contribution is -2.41. The largest absolute Gasteiger partial charge is 0.484 e. The number of amides is 2. The average Bonchev–Trinajstić information content (AvgIpc) is 3.45. The number of fused-ring (bicyclic) bond motifs is 1. The van der Waals surface area contributed by atoms with E-state index in [1.807, 2.05) is 0 Å². The highest BCUT2D eigenvalue weighted by Crippen LogP contribution is 2.27. The summed E-state index contributed by atoms with van der Waals surface area (Å²) in [6.45, 7) is -1.15. The van der Waals surface area contributed by atoms with Crippen molar-refractivity contribution < 1.29 is 32.0 Å². The van der Waals surface area contributed by atoms with Gasteiger partial charge in [0, 0.05) is 18.5 Å². The van der Waals surface area contributed by atoms with Gasteiger partial charge in [-0.15, -0.1) is 0 Å². The molecule has 2 amide bonds. The summed E-state index contributed by atoms with van der Waals surface area (Å²) in [5, 5.41) is 14.2. The number of carbonyl (C=O) groups excluding carboxylic acids is 2. The van der Waals surface area contributed by atoms with E-state index < -0.39 is 12.8 Å². The van der Waals surface area contributed by atoms with Crippen LogP contribution in [0.1, 0.15) is 33.7 Å². The fourth-order valence-corrected chi connectivity index (χ4v) is 4.25. The first-order chi connectivity index (χ1) is 17.2. The van der Waals surface area contributed by atoms with Gasteiger partial charge in [-0.25, -0.2) is 4.68 Å². The summed E-state index contributed by atoms with van der Waals surface area (Å²) >= 11 is 1.36. The Labute approximate surface area is 208 Å². The molecule has 192 valence electrons. The zero-order valence-electron chi connectivity index (χ0n) is 19.3. The Bertz CT molecular complexity index is 1210. The molecule has 1 atom stereocenters. The number of nitrogens with zero attached hydrogens (tertiary/aromatic N) is 3. The van der Waals surface area contributed by atoms with Crippen molar-refractivity contribution in [2.45, 2.75) is 38.0 Å². The van der Waals surface area contributed by atoms with E-state index >= 15 is 0 Å². The molecule has 1 aliphatic rings. The van der Waals surface area contributed by atoms with Crippen LogP contribution in [0.5, 0.6) is 5.75 Å². The van der Waals surface area contributed by atoms with Crippen molar-refractivity contribution in [1.29, 1.82) is 0 Å². The lowest BCUT2D eigenvalue weighted by Gasteiger charge is -2.23. The highest BCUT2D eigenvalue weighted by atomic mass is 32.2. The minimum absolute atomic E-state index is 0.136. The Morgan fingerprint density at radius 1 is 1.36 bits per heavy atom.